The molecule has 2 heteroatoms. The molecule has 0 aliphatic carbocycles. The summed E-state index contributed by atoms with van der Waals surface area (Å²) >= 11 is 0. The van der Waals surface area contributed by atoms with Gasteiger partial charge in [-0.15, -0.1) is 0 Å². The lowest BCUT2D eigenvalue weighted by atomic mass is 9.76. The smallest absolute Gasteiger partial charge is 0.00965 e. The van der Waals surface area contributed by atoms with E-state index in [2.05, 4.69) is 46.9 Å². The van der Waals surface area contributed by atoms with Gasteiger partial charge in [0.15, 0.2) is 0 Å². The fraction of sp³-hybridized carbons (Fsp3) is 1.00. The molecule has 0 spiro atoms. The van der Waals surface area contributed by atoms with Crippen LogP contribution in [0.1, 0.15) is 60.8 Å². The number of hydrogen-bond acceptors (Lipinski definition) is 2. The molecule has 0 aliphatic rings. The van der Waals surface area contributed by atoms with Crippen molar-refractivity contribution in [2.24, 2.45) is 17.1 Å². The lowest BCUT2D eigenvalue weighted by molar-refractivity contribution is 0.208. The molecule has 3 N–H and O–H groups in total. The second-order valence-electron chi connectivity index (χ2n) is 6.96. The summed E-state index contributed by atoms with van der Waals surface area (Å²) in [4.78, 5) is 0. The van der Waals surface area contributed by atoms with Crippen molar-refractivity contribution >= 4 is 0 Å². The van der Waals surface area contributed by atoms with E-state index < -0.39 is 0 Å². The fourth-order valence-electron chi connectivity index (χ4n) is 2.02. The van der Waals surface area contributed by atoms with Gasteiger partial charge in [0.1, 0.15) is 0 Å². The van der Waals surface area contributed by atoms with Crippen molar-refractivity contribution in [2.75, 3.05) is 13.1 Å². The van der Waals surface area contributed by atoms with Crippen molar-refractivity contribution in [3.05, 3.63) is 0 Å². The van der Waals surface area contributed by atoms with Gasteiger partial charge < -0.3 is 11.1 Å². The molecule has 0 saturated carbocycles. The van der Waals surface area contributed by atoms with E-state index in [1.165, 1.54) is 12.8 Å². The zero-order valence-corrected chi connectivity index (χ0v) is 12.2. The highest BCUT2D eigenvalue weighted by molar-refractivity contribution is 4.76. The molecule has 0 amide bonds. The Morgan fingerprint density at radius 2 is 1.56 bits per heavy atom. The Morgan fingerprint density at radius 1 is 1.00 bits per heavy atom. The van der Waals surface area contributed by atoms with Crippen molar-refractivity contribution in [2.45, 2.75) is 66.3 Å². The summed E-state index contributed by atoms with van der Waals surface area (Å²) in [6.07, 6.45) is 3.68. The van der Waals surface area contributed by atoms with Gasteiger partial charge in [-0.2, -0.15) is 0 Å². The number of nitrogens with two attached hydrogens (primary N) is 1. The number of rotatable bonds is 6. The molecule has 1 atom stereocenters. The van der Waals surface area contributed by atoms with E-state index in [1.807, 2.05) is 0 Å². The molecule has 0 rings (SSSR count). The number of hydrogen-bond donors (Lipinski definition) is 2. The van der Waals surface area contributed by atoms with Gasteiger partial charge in [-0.25, -0.2) is 0 Å². The van der Waals surface area contributed by atoms with Gasteiger partial charge in [0.2, 0.25) is 0 Å². The molecular weight excluding hydrogens is 196 g/mol. The maximum Gasteiger partial charge on any atom is 0.00965 e. The first kappa shape index (κ1) is 15.9. The molecule has 16 heavy (non-hydrogen) atoms. The van der Waals surface area contributed by atoms with Gasteiger partial charge in [-0.3, -0.25) is 0 Å². The van der Waals surface area contributed by atoms with Gasteiger partial charge >= 0.3 is 0 Å². The van der Waals surface area contributed by atoms with Crippen LogP contribution in [0.2, 0.25) is 0 Å². The third-order valence-corrected chi connectivity index (χ3v) is 3.12. The molecule has 2 nitrogen and oxygen atoms in total. The van der Waals surface area contributed by atoms with E-state index in [4.69, 9.17) is 5.73 Å². The van der Waals surface area contributed by atoms with Crippen LogP contribution in [0.4, 0.5) is 0 Å². The Hall–Kier alpha value is -0.0800. The summed E-state index contributed by atoms with van der Waals surface area (Å²) < 4.78 is 0. The van der Waals surface area contributed by atoms with Gasteiger partial charge in [0.05, 0.1) is 0 Å². The topological polar surface area (TPSA) is 38.0 Å². The minimum atomic E-state index is 0.241. The molecule has 0 aromatic rings. The Kier molecular flexibility index (Phi) is 6.57. The molecule has 0 heterocycles. The second-order valence-corrected chi connectivity index (χ2v) is 6.96. The second kappa shape index (κ2) is 6.61. The zero-order chi connectivity index (χ0) is 12.8. The lowest BCUT2D eigenvalue weighted by Crippen LogP contribution is -2.36. The molecule has 0 fully saturated rings. The first-order chi connectivity index (χ1) is 7.17. The highest BCUT2D eigenvalue weighted by Crippen LogP contribution is 2.31. The van der Waals surface area contributed by atoms with Crippen LogP contribution in [0.3, 0.4) is 0 Å². The zero-order valence-electron chi connectivity index (χ0n) is 12.2. The van der Waals surface area contributed by atoms with Gasteiger partial charge in [0.25, 0.3) is 0 Å². The van der Waals surface area contributed by atoms with Crippen LogP contribution in [0.5, 0.6) is 0 Å². The van der Waals surface area contributed by atoms with Crippen molar-refractivity contribution in [3.63, 3.8) is 0 Å². The summed E-state index contributed by atoms with van der Waals surface area (Å²) in [5.74, 6) is 0.749. The van der Waals surface area contributed by atoms with Gasteiger partial charge in [0, 0.05) is 5.54 Å². The third-order valence-electron chi connectivity index (χ3n) is 3.12. The van der Waals surface area contributed by atoms with Crippen molar-refractivity contribution < 1.29 is 0 Å². The van der Waals surface area contributed by atoms with E-state index in [1.54, 1.807) is 0 Å². The third kappa shape index (κ3) is 8.12. The fourth-order valence-corrected chi connectivity index (χ4v) is 2.02. The highest BCUT2D eigenvalue weighted by atomic mass is 14.9. The Morgan fingerprint density at radius 3 is 1.94 bits per heavy atom. The summed E-state index contributed by atoms with van der Waals surface area (Å²) in [5.41, 5.74) is 6.32. The quantitative estimate of drug-likeness (QED) is 0.685. The van der Waals surface area contributed by atoms with E-state index in [0.29, 0.717) is 5.41 Å². The molecule has 0 aromatic carbocycles. The Labute approximate surface area is 102 Å². The van der Waals surface area contributed by atoms with Crippen LogP contribution >= 0.6 is 0 Å². The molecule has 1 unspecified atom stereocenters. The normalized spacial score (nSPS) is 15.2. The minimum Gasteiger partial charge on any atom is -0.330 e. The van der Waals surface area contributed by atoms with Crippen LogP contribution in [-0.2, 0) is 0 Å². The maximum absolute atomic E-state index is 5.68. The van der Waals surface area contributed by atoms with Crippen LogP contribution < -0.4 is 11.1 Å². The van der Waals surface area contributed by atoms with Crippen LogP contribution in [0, 0.1) is 11.3 Å². The van der Waals surface area contributed by atoms with Gasteiger partial charge in [-0.1, -0.05) is 20.8 Å². The summed E-state index contributed by atoms with van der Waals surface area (Å²) in [5, 5.41) is 3.54. The SMILES string of the molecule is CC(C)(C)NCCCC(CCN)C(C)(C)C. The standard InChI is InChI=1S/C14H32N2/c1-13(2,3)12(9-10-15)8-7-11-16-14(4,5)6/h12,16H,7-11,15H2,1-6H3. The number of nitrogens with one attached hydrogen (secondary N) is 1. The monoisotopic (exact) mass is 228 g/mol. The van der Waals surface area contributed by atoms with E-state index in [-0.39, 0.29) is 5.54 Å². The largest absolute Gasteiger partial charge is 0.330 e. The molecule has 0 bridgehead atoms. The van der Waals surface area contributed by atoms with Crippen LogP contribution in [0.15, 0.2) is 0 Å². The van der Waals surface area contributed by atoms with E-state index in [0.717, 1.165) is 25.4 Å². The Bertz CT molecular complexity index is 174. The molecule has 98 valence electrons. The Balaban J connectivity index is 3.86. The molecule has 0 aliphatic heterocycles. The summed E-state index contributed by atoms with van der Waals surface area (Å²) in [7, 11) is 0. The van der Waals surface area contributed by atoms with E-state index in [9.17, 15) is 0 Å². The molecule has 0 radical (unpaired) electrons. The minimum absolute atomic E-state index is 0.241. The molecule has 0 aromatic heterocycles. The van der Waals surface area contributed by atoms with Crippen molar-refractivity contribution in [1.29, 1.82) is 0 Å². The van der Waals surface area contributed by atoms with Crippen molar-refractivity contribution in [3.8, 4) is 0 Å². The maximum atomic E-state index is 5.68. The summed E-state index contributed by atoms with van der Waals surface area (Å²) in [6, 6.07) is 0. The average molecular weight is 228 g/mol. The van der Waals surface area contributed by atoms with Crippen LogP contribution in [-0.4, -0.2) is 18.6 Å². The molecular formula is C14H32N2. The lowest BCUT2D eigenvalue weighted by Gasteiger charge is -2.31. The van der Waals surface area contributed by atoms with Crippen LogP contribution in [0.25, 0.3) is 0 Å². The van der Waals surface area contributed by atoms with E-state index >= 15 is 0 Å². The van der Waals surface area contributed by atoms with Gasteiger partial charge in [-0.05, 0) is 64.5 Å². The predicted molar refractivity (Wildman–Crippen MR) is 73.6 cm³/mol. The molecule has 0 saturated heterocycles. The summed E-state index contributed by atoms with van der Waals surface area (Å²) in [6.45, 7) is 15.5. The predicted octanol–water partition coefficient (Wildman–Crippen LogP) is 3.17. The van der Waals surface area contributed by atoms with Crippen molar-refractivity contribution in [1.82, 2.24) is 5.32 Å². The average Bonchev–Trinajstić information content (AvgIpc) is 2.06. The first-order valence-electron chi connectivity index (χ1n) is 6.62. The highest BCUT2D eigenvalue weighted by Gasteiger charge is 2.23. The first-order valence-corrected chi connectivity index (χ1v) is 6.62.